The number of nitrogens with zero attached hydrogens (tertiary/aromatic N) is 5. The fraction of sp³-hybridized carbons (Fsp3) is 0.278. The Kier molecular flexibility index (Phi) is 5.60. The van der Waals surface area contributed by atoms with Gasteiger partial charge in [-0.1, -0.05) is 24.3 Å². The second-order valence-corrected chi connectivity index (χ2v) is 6.06. The Hall–Kier alpha value is -3.49. The van der Waals surface area contributed by atoms with E-state index in [0.29, 0.717) is 11.6 Å². The number of nitrogens with one attached hydrogen (secondary N) is 1. The number of likely N-dealkylation sites (N-methyl/N-ethyl adjacent to an activating group) is 1. The quantitative estimate of drug-likeness (QED) is 0.667. The molecule has 2 aromatic heterocycles. The summed E-state index contributed by atoms with van der Waals surface area (Å²) in [5.41, 5.74) is 1.88. The van der Waals surface area contributed by atoms with Gasteiger partial charge in [-0.05, 0) is 29.8 Å². The molecule has 0 fully saturated rings. The van der Waals surface area contributed by atoms with Crippen LogP contribution in [0, 0.1) is 6.92 Å². The van der Waals surface area contributed by atoms with Gasteiger partial charge in [0.15, 0.2) is 0 Å². The molecule has 0 bridgehead atoms. The molecule has 0 aliphatic rings. The van der Waals surface area contributed by atoms with Gasteiger partial charge in [-0.25, -0.2) is 0 Å². The van der Waals surface area contributed by atoms with Crippen molar-refractivity contribution >= 4 is 11.8 Å². The van der Waals surface area contributed by atoms with Gasteiger partial charge in [0.05, 0.1) is 19.4 Å². The van der Waals surface area contributed by atoms with E-state index in [1.807, 2.05) is 31.2 Å². The van der Waals surface area contributed by atoms with E-state index in [1.165, 1.54) is 16.0 Å². The highest BCUT2D eigenvalue weighted by molar-refractivity contribution is 5.84. The van der Waals surface area contributed by atoms with Gasteiger partial charge in [0, 0.05) is 12.6 Å². The zero-order valence-electron chi connectivity index (χ0n) is 15.1. The third-order valence-electron chi connectivity index (χ3n) is 3.96. The summed E-state index contributed by atoms with van der Waals surface area (Å²) in [4.78, 5) is 26.8. The standard InChI is InChI=1S/C18H20N6O3/c1-13-6-3-4-8-15(13)18-20-22-24(21-18)12-17(26)23(2)11-16(25)19-10-14-7-5-9-27-14/h3-9H,10-12H2,1-2H3,(H,19,25). The summed E-state index contributed by atoms with van der Waals surface area (Å²) in [6, 6.07) is 11.2. The van der Waals surface area contributed by atoms with Gasteiger partial charge >= 0.3 is 0 Å². The van der Waals surface area contributed by atoms with Gasteiger partial charge in [0.1, 0.15) is 12.3 Å². The van der Waals surface area contributed by atoms with Crippen molar-refractivity contribution in [3.63, 3.8) is 0 Å². The highest BCUT2D eigenvalue weighted by Crippen LogP contribution is 2.17. The minimum Gasteiger partial charge on any atom is -0.467 e. The van der Waals surface area contributed by atoms with E-state index in [2.05, 4.69) is 20.7 Å². The fourth-order valence-electron chi connectivity index (χ4n) is 2.44. The molecule has 2 heterocycles. The Bertz CT molecular complexity index is 919. The van der Waals surface area contributed by atoms with Gasteiger partial charge < -0.3 is 14.6 Å². The Morgan fingerprint density at radius 1 is 1.22 bits per heavy atom. The van der Waals surface area contributed by atoms with Crippen LogP contribution in [-0.4, -0.2) is 50.5 Å². The Balaban J connectivity index is 1.52. The summed E-state index contributed by atoms with van der Waals surface area (Å²) in [6.45, 7) is 2.06. The second-order valence-electron chi connectivity index (χ2n) is 6.06. The minimum atomic E-state index is -0.295. The predicted octanol–water partition coefficient (Wildman–Crippen LogP) is 1.02. The molecule has 1 N–H and O–H groups in total. The number of aromatic nitrogens is 4. The van der Waals surface area contributed by atoms with E-state index in [4.69, 9.17) is 4.42 Å². The van der Waals surface area contributed by atoms with Gasteiger partial charge in [0.2, 0.25) is 17.6 Å². The molecule has 0 aliphatic carbocycles. The van der Waals surface area contributed by atoms with Crippen LogP contribution in [0.4, 0.5) is 0 Å². The van der Waals surface area contributed by atoms with E-state index in [1.54, 1.807) is 19.2 Å². The first-order valence-electron chi connectivity index (χ1n) is 8.40. The van der Waals surface area contributed by atoms with Crippen LogP contribution in [0.3, 0.4) is 0 Å². The second kappa shape index (κ2) is 8.26. The molecular weight excluding hydrogens is 348 g/mol. The molecule has 0 radical (unpaired) electrons. The van der Waals surface area contributed by atoms with Crippen LogP contribution < -0.4 is 5.32 Å². The summed E-state index contributed by atoms with van der Waals surface area (Å²) in [5, 5.41) is 14.9. The molecule has 9 nitrogen and oxygen atoms in total. The van der Waals surface area contributed by atoms with Crippen molar-refractivity contribution in [1.82, 2.24) is 30.4 Å². The molecule has 0 aliphatic heterocycles. The van der Waals surface area contributed by atoms with Crippen molar-refractivity contribution in [3.05, 3.63) is 54.0 Å². The largest absolute Gasteiger partial charge is 0.467 e. The van der Waals surface area contributed by atoms with Gasteiger partial charge in [-0.15, -0.1) is 10.2 Å². The van der Waals surface area contributed by atoms with Crippen molar-refractivity contribution in [3.8, 4) is 11.4 Å². The van der Waals surface area contributed by atoms with Crippen molar-refractivity contribution in [2.24, 2.45) is 0 Å². The number of furan rings is 1. The lowest BCUT2D eigenvalue weighted by Crippen LogP contribution is -2.39. The van der Waals surface area contributed by atoms with Crippen LogP contribution in [0.25, 0.3) is 11.4 Å². The Morgan fingerprint density at radius 3 is 2.78 bits per heavy atom. The number of benzene rings is 1. The summed E-state index contributed by atoms with van der Waals surface area (Å²) < 4.78 is 5.14. The molecule has 27 heavy (non-hydrogen) atoms. The molecule has 3 rings (SSSR count). The van der Waals surface area contributed by atoms with Crippen LogP contribution >= 0.6 is 0 Å². The lowest BCUT2D eigenvalue weighted by Gasteiger charge is -2.16. The van der Waals surface area contributed by atoms with Crippen molar-refractivity contribution < 1.29 is 14.0 Å². The molecular formula is C18H20N6O3. The first kappa shape index (κ1) is 18.3. The first-order chi connectivity index (χ1) is 13.0. The Morgan fingerprint density at radius 2 is 2.04 bits per heavy atom. The molecule has 1 aromatic carbocycles. The smallest absolute Gasteiger partial charge is 0.246 e. The van der Waals surface area contributed by atoms with Crippen LogP contribution in [-0.2, 0) is 22.7 Å². The molecule has 0 atom stereocenters. The summed E-state index contributed by atoms with van der Waals surface area (Å²) in [5.74, 6) is 0.527. The van der Waals surface area contributed by atoms with Crippen molar-refractivity contribution in [2.45, 2.75) is 20.0 Å². The van der Waals surface area contributed by atoms with E-state index < -0.39 is 0 Å². The SMILES string of the molecule is Cc1ccccc1-c1nnn(CC(=O)N(C)CC(=O)NCc2ccco2)n1. The van der Waals surface area contributed by atoms with Gasteiger partial charge in [-0.3, -0.25) is 9.59 Å². The Labute approximate surface area is 156 Å². The number of tetrazole rings is 1. The maximum absolute atomic E-state index is 12.3. The number of hydrogen-bond acceptors (Lipinski definition) is 6. The third-order valence-corrected chi connectivity index (χ3v) is 3.96. The van der Waals surface area contributed by atoms with Crippen LogP contribution in [0.2, 0.25) is 0 Å². The van der Waals surface area contributed by atoms with Crippen LogP contribution in [0.1, 0.15) is 11.3 Å². The number of carbonyl (C=O) groups is 2. The third kappa shape index (κ3) is 4.78. The number of aryl methyl sites for hydroxylation is 1. The topological polar surface area (TPSA) is 106 Å². The van der Waals surface area contributed by atoms with Crippen molar-refractivity contribution in [2.75, 3.05) is 13.6 Å². The molecule has 0 saturated carbocycles. The summed E-state index contributed by atoms with van der Waals surface area (Å²) >= 11 is 0. The normalized spacial score (nSPS) is 10.6. The summed E-state index contributed by atoms with van der Waals surface area (Å²) in [6.07, 6.45) is 1.54. The molecule has 140 valence electrons. The average Bonchev–Trinajstić information content (AvgIpc) is 3.32. The number of hydrogen-bond donors (Lipinski definition) is 1. The van der Waals surface area contributed by atoms with Crippen molar-refractivity contribution in [1.29, 1.82) is 0 Å². The fourth-order valence-corrected chi connectivity index (χ4v) is 2.44. The minimum absolute atomic E-state index is 0.0705. The van der Waals surface area contributed by atoms with E-state index in [-0.39, 0.29) is 31.4 Å². The van der Waals surface area contributed by atoms with Crippen LogP contribution in [0.15, 0.2) is 47.1 Å². The number of rotatable bonds is 7. The van der Waals surface area contributed by atoms with Crippen LogP contribution in [0.5, 0.6) is 0 Å². The van der Waals surface area contributed by atoms with Gasteiger partial charge in [-0.2, -0.15) is 4.80 Å². The lowest BCUT2D eigenvalue weighted by molar-refractivity contribution is -0.135. The predicted molar refractivity (Wildman–Crippen MR) is 96.2 cm³/mol. The molecule has 0 unspecified atom stereocenters. The maximum atomic E-state index is 12.3. The highest BCUT2D eigenvalue weighted by Gasteiger charge is 2.16. The highest BCUT2D eigenvalue weighted by atomic mass is 16.3. The van der Waals surface area contributed by atoms with Gasteiger partial charge in [0.25, 0.3) is 0 Å². The molecule has 2 amide bonds. The zero-order valence-corrected chi connectivity index (χ0v) is 15.1. The van der Waals surface area contributed by atoms with E-state index in [9.17, 15) is 9.59 Å². The molecule has 9 heteroatoms. The molecule has 3 aromatic rings. The monoisotopic (exact) mass is 368 g/mol. The first-order valence-corrected chi connectivity index (χ1v) is 8.40. The average molecular weight is 368 g/mol. The number of amides is 2. The molecule has 0 saturated heterocycles. The summed E-state index contributed by atoms with van der Waals surface area (Å²) in [7, 11) is 1.55. The maximum Gasteiger partial charge on any atom is 0.246 e. The van der Waals surface area contributed by atoms with E-state index in [0.717, 1.165) is 11.1 Å². The van der Waals surface area contributed by atoms with E-state index >= 15 is 0 Å². The zero-order chi connectivity index (χ0) is 19.2. The molecule has 0 spiro atoms. The lowest BCUT2D eigenvalue weighted by atomic mass is 10.1. The number of carbonyl (C=O) groups excluding carboxylic acids is 2.